The molecule has 3 aromatic rings. The van der Waals surface area contributed by atoms with Crippen LogP contribution in [0.2, 0.25) is 5.02 Å². The van der Waals surface area contributed by atoms with Crippen LogP contribution in [0.1, 0.15) is 97.0 Å². The van der Waals surface area contributed by atoms with Crippen molar-refractivity contribution < 1.29 is 23.9 Å². The minimum Gasteiger partial charge on any atom is -0.489 e. The van der Waals surface area contributed by atoms with Gasteiger partial charge < -0.3 is 25.2 Å². The van der Waals surface area contributed by atoms with E-state index in [2.05, 4.69) is 31.8 Å². The normalized spacial score (nSPS) is 28.5. The molecule has 4 amide bonds. The molecule has 60 heavy (non-hydrogen) atoms. The molecule has 15 heteroatoms. The van der Waals surface area contributed by atoms with Crippen molar-refractivity contribution in [3.8, 4) is 11.8 Å². The van der Waals surface area contributed by atoms with Crippen LogP contribution in [0.15, 0.2) is 54.7 Å². The molecule has 7 heterocycles. The average molecular weight is 851 g/mol. The number of carbonyl (C=O) groups is 4. The van der Waals surface area contributed by atoms with Gasteiger partial charge in [-0.25, -0.2) is 4.98 Å². The SMILES string of the molecule is CC1(C)C(Oc2ccc(C#N)c(Cl)c2)C(C)(C)C1N1C(=O)CC[C@@H](N2C(=O)c3cc(N4[C@@H]5C[C@@H]4CN(CC4CCN(c6ccc(C(N)=O)cn6)CC4)C5)ccc3[C@H]2S)C1=O. The Morgan fingerprint density at radius 2 is 1.70 bits per heavy atom. The maximum Gasteiger partial charge on any atom is 0.256 e. The number of aromatic nitrogens is 1. The Morgan fingerprint density at radius 1 is 0.983 bits per heavy atom. The first-order valence-electron chi connectivity index (χ1n) is 21.0. The van der Waals surface area contributed by atoms with Crippen LogP contribution in [0.5, 0.6) is 5.75 Å². The number of piperidine rings is 3. The molecule has 1 aliphatic carbocycles. The number of rotatable bonds is 9. The Balaban J connectivity index is 0.836. The van der Waals surface area contributed by atoms with E-state index in [0.717, 1.165) is 69.1 Å². The van der Waals surface area contributed by atoms with Crippen LogP contribution in [-0.2, 0) is 9.59 Å². The van der Waals surface area contributed by atoms with E-state index in [4.69, 9.17) is 34.7 Å². The molecular formula is C45H51ClN8O5S. The van der Waals surface area contributed by atoms with E-state index in [9.17, 15) is 24.4 Å². The fourth-order valence-electron chi connectivity index (χ4n) is 11.7. The monoisotopic (exact) mass is 850 g/mol. The molecule has 2 bridgehead atoms. The second kappa shape index (κ2) is 15.0. The fraction of sp³-hybridized carbons (Fsp3) is 0.511. The van der Waals surface area contributed by atoms with Crippen LogP contribution in [0.3, 0.4) is 0 Å². The van der Waals surface area contributed by atoms with Gasteiger partial charge in [0.25, 0.3) is 11.8 Å². The second-order valence-corrected chi connectivity index (χ2v) is 19.6. The summed E-state index contributed by atoms with van der Waals surface area (Å²) in [5, 5.41) is 8.98. The molecule has 4 atom stereocenters. The summed E-state index contributed by atoms with van der Waals surface area (Å²) in [5.41, 5.74) is 7.25. The van der Waals surface area contributed by atoms with E-state index >= 15 is 0 Å². The van der Waals surface area contributed by atoms with Crippen molar-refractivity contribution in [2.75, 3.05) is 42.5 Å². The number of nitriles is 1. The molecule has 1 saturated carbocycles. The van der Waals surface area contributed by atoms with E-state index in [1.807, 2.05) is 45.9 Å². The summed E-state index contributed by atoms with van der Waals surface area (Å²) < 4.78 is 6.45. The van der Waals surface area contributed by atoms with Crippen LogP contribution in [-0.4, -0.2) is 106 Å². The summed E-state index contributed by atoms with van der Waals surface area (Å²) in [7, 11) is 0. The molecule has 7 aliphatic rings. The molecule has 0 spiro atoms. The third-order valence-electron chi connectivity index (χ3n) is 14.2. The molecule has 13 nitrogen and oxygen atoms in total. The number of pyridine rings is 1. The lowest BCUT2D eigenvalue weighted by molar-refractivity contribution is -0.216. The van der Waals surface area contributed by atoms with E-state index in [0.29, 0.717) is 45.5 Å². The van der Waals surface area contributed by atoms with Gasteiger partial charge in [0.05, 0.1) is 22.2 Å². The number of imide groups is 1. The maximum atomic E-state index is 14.6. The summed E-state index contributed by atoms with van der Waals surface area (Å²) in [6.45, 7) is 12.8. The van der Waals surface area contributed by atoms with Crippen LogP contribution in [0.4, 0.5) is 11.5 Å². The lowest BCUT2D eigenvalue weighted by atomic mass is 9.48. The third kappa shape index (κ3) is 6.59. The standard InChI is InChI=1S/C45H51ClN8O5S/c1-44(2)42(45(3,4)43(44)59-31-8-5-26(20-47)34(46)19-31)54-37(55)12-10-35(40(54)58)53-39(57)33-18-28(7-9-32(33)41(53)60)52-29-17-30(52)24-50(23-29)22-25-13-15-51(16-14-25)36-11-6-27(21-49-36)38(48)56/h5-9,11,18-19,21,25,29-30,35,41-43,60H,10,12-17,22-24H2,1-4H3,(H2,48,56)/t29-,30-,35-,41-,42?,43?/m1/s1. The lowest BCUT2D eigenvalue weighted by Crippen LogP contribution is -2.77. The fourth-order valence-corrected chi connectivity index (χ4v) is 12.4. The van der Waals surface area contributed by atoms with Crippen LogP contribution >= 0.6 is 24.2 Å². The summed E-state index contributed by atoms with van der Waals surface area (Å²) in [4.78, 5) is 68.8. The van der Waals surface area contributed by atoms with Crippen LogP contribution < -0.4 is 20.3 Å². The molecule has 5 saturated heterocycles. The summed E-state index contributed by atoms with van der Waals surface area (Å²) in [6.07, 6.45) is 4.84. The van der Waals surface area contributed by atoms with Crippen molar-refractivity contribution in [1.29, 1.82) is 5.26 Å². The molecule has 314 valence electrons. The average Bonchev–Trinajstić information content (AvgIpc) is 3.46. The molecule has 10 rings (SSSR count). The number of ether oxygens (including phenoxy) is 1. The largest absolute Gasteiger partial charge is 0.489 e. The zero-order chi connectivity index (χ0) is 42.4. The minimum atomic E-state index is -0.833. The molecule has 6 fully saturated rings. The van der Waals surface area contributed by atoms with Crippen molar-refractivity contribution in [2.45, 2.75) is 95.4 Å². The number of piperazine rings is 1. The number of benzene rings is 2. The van der Waals surface area contributed by atoms with Gasteiger partial charge in [0, 0.05) is 85.6 Å². The number of anilines is 2. The van der Waals surface area contributed by atoms with Crippen molar-refractivity contribution in [1.82, 2.24) is 19.7 Å². The Labute approximate surface area is 361 Å². The van der Waals surface area contributed by atoms with Gasteiger partial charge in [-0.3, -0.25) is 29.0 Å². The number of nitrogens with two attached hydrogens (primary N) is 1. The summed E-state index contributed by atoms with van der Waals surface area (Å²) in [5.74, 6) is 0.659. The Hall–Kier alpha value is -4.84. The van der Waals surface area contributed by atoms with Gasteiger partial charge in [-0.15, -0.1) is 12.6 Å². The van der Waals surface area contributed by atoms with Crippen molar-refractivity contribution in [3.05, 3.63) is 82.0 Å². The number of nitrogens with zero attached hydrogens (tertiary/aromatic N) is 7. The van der Waals surface area contributed by atoms with Gasteiger partial charge in [-0.1, -0.05) is 45.4 Å². The van der Waals surface area contributed by atoms with Crippen LogP contribution in [0, 0.1) is 28.1 Å². The molecule has 0 unspecified atom stereocenters. The first-order chi connectivity index (χ1) is 28.6. The highest BCUT2D eigenvalue weighted by atomic mass is 35.5. The first-order valence-corrected chi connectivity index (χ1v) is 21.9. The van der Waals surface area contributed by atoms with Gasteiger partial charge in [0.2, 0.25) is 11.8 Å². The highest BCUT2D eigenvalue weighted by molar-refractivity contribution is 7.80. The van der Waals surface area contributed by atoms with Gasteiger partial charge in [-0.05, 0) is 73.6 Å². The zero-order valence-electron chi connectivity index (χ0n) is 34.4. The smallest absolute Gasteiger partial charge is 0.256 e. The highest BCUT2D eigenvalue weighted by Gasteiger charge is 2.68. The Kier molecular flexibility index (Phi) is 10.1. The topological polar surface area (TPSA) is 156 Å². The molecule has 0 radical (unpaired) electrons. The Morgan fingerprint density at radius 3 is 2.33 bits per heavy atom. The number of primary amides is 1. The molecular weight excluding hydrogens is 800 g/mol. The minimum absolute atomic E-state index is 0.137. The number of thiol groups is 1. The Bertz CT molecular complexity index is 2280. The van der Waals surface area contributed by atoms with Gasteiger partial charge >= 0.3 is 0 Å². The molecule has 2 aromatic carbocycles. The van der Waals surface area contributed by atoms with E-state index in [1.165, 1.54) is 4.90 Å². The number of carbonyl (C=O) groups excluding carboxylic acids is 4. The highest BCUT2D eigenvalue weighted by Crippen LogP contribution is 2.59. The maximum absolute atomic E-state index is 14.6. The number of amides is 4. The van der Waals surface area contributed by atoms with Gasteiger partial charge in [0.15, 0.2) is 0 Å². The lowest BCUT2D eigenvalue weighted by Gasteiger charge is -2.66. The molecule has 1 aromatic heterocycles. The number of likely N-dealkylation sites (tertiary alicyclic amines) is 1. The van der Waals surface area contributed by atoms with E-state index in [-0.39, 0.29) is 36.7 Å². The zero-order valence-corrected chi connectivity index (χ0v) is 36.0. The van der Waals surface area contributed by atoms with Crippen molar-refractivity contribution in [2.24, 2.45) is 22.5 Å². The first kappa shape index (κ1) is 40.6. The number of fused-ring (bicyclic) bond motifs is 3. The summed E-state index contributed by atoms with van der Waals surface area (Å²) >= 11 is 11.2. The predicted molar refractivity (Wildman–Crippen MR) is 230 cm³/mol. The number of halogens is 1. The number of hydrogen-bond acceptors (Lipinski definition) is 11. The molecule has 6 aliphatic heterocycles. The van der Waals surface area contributed by atoms with E-state index < -0.39 is 34.2 Å². The van der Waals surface area contributed by atoms with Crippen molar-refractivity contribution in [3.63, 3.8) is 0 Å². The van der Waals surface area contributed by atoms with Crippen LogP contribution in [0.25, 0.3) is 0 Å². The quantitative estimate of drug-likeness (QED) is 0.203. The number of hydrogen-bond donors (Lipinski definition) is 2. The van der Waals surface area contributed by atoms with Gasteiger partial charge in [-0.2, -0.15) is 5.26 Å². The summed E-state index contributed by atoms with van der Waals surface area (Å²) in [6, 6.07) is 16.1. The van der Waals surface area contributed by atoms with E-state index in [1.54, 1.807) is 35.4 Å². The van der Waals surface area contributed by atoms with Gasteiger partial charge in [0.1, 0.15) is 35.2 Å². The predicted octanol–water partition coefficient (Wildman–Crippen LogP) is 5.67. The van der Waals surface area contributed by atoms with Crippen molar-refractivity contribution >= 4 is 59.4 Å². The second-order valence-electron chi connectivity index (χ2n) is 18.7. The third-order valence-corrected chi connectivity index (χ3v) is 15.0. The molecule has 2 N–H and O–H groups in total.